The van der Waals surface area contributed by atoms with Crippen LogP contribution in [0.15, 0.2) is 23.3 Å². The van der Waals surface area contributed by atoms with Crippen molar-refractivity contribution in [3.8, 4) is 0 Å². The van der Waals surface area contributed by atoms with Crippen LogP contribution in [0, 0.1) is 29.1 Å². The van der Waals surface area contributed by atoms with Gasteiger partial charge in [0.25, 0.3) is 0 Å². The van der Waals surface area contributed by atoms with Gasteiger partial charge in [-0.2, -0.15) is 0 Å². The highest BCUT2D eigenvalue weighted by Gasteiger charge is 2.83. The van der Waals surface area contributed by atoms with Gasteiger partial charge in [-0.25, -0.2) is 4.79 Å². The molecule has 3 N–H and O–H groups in total. The molecular formula is C22H28O7. The fraction of sp³-hybridized carbons (Fsp3) is 0.682. The van der Waals surface area contributed by atoms with Gasteiger partial charge in [0.05, 0.1) is 5.60 Å². The molecule has 0 unspecified atom stereocenters. The van der Waals surface area contributed by atoms with E-state index in [1.165, 1.54) is 13.0 Å². The maximum Gasteiger partial charge on any atom is 0.331 e. The molecule has 0 amide bonds. The molecule has 7 nitrogen and oxygen atoms in total. The van der Waals surface area contributed by atoms with Gasteiger partial charge in [0.1, 0.15) is 11.2 Å². The molecule has 0 heterocycles. The number of Topliss-reactive ketones (excluding diaryl/α,β-unsaturated/α-hetero) is 1. The summed E-state index contributed by atoms with van der Waals surface area (Å²) in [7, 11) is 0. The van der Waals surface area contributed by atoms with E-state index in [0.29, 0.717) is 12.0 Å². The molecule has 0 aliphatic heterocycles. The van der Waals surface area contributed by atoms with Crippen molar-refractivity contribution in [3.63, 3.8) is 0 Å². The number of ether oxygens (including phenoxy) is 1. The summed E-state index contributed by atoms with van der Waals surface area (Å²) in [6.07, 6.45) is 3.11. The first-order valence-electron chi connectivity index (χ1n) is 10.0. The van der Waals surface area contributed by atoms with Gasteiger partial charge in [-0.3, -0.25) is 9.59 Å². The van der Waals surface area contributed by atoms with Gasteiger partial charge >= 0.3 is 11.9 Å². The smallest absolute Gasteiger partial charge is 0.331 e. The Balaban J connectivity index is 1.93. The Kier molecular flexibility index (Phi) is 3.90. The van der Waals surface area contributed by atoms with Crippen LogP contribution in [0.25, 0.3) is 0 Å². The van der Waals surface area contributed by atoms with Crippen molar-refractivity contribution in [2.24, 2.45) is 29.1 Å². The van der Waals surface area contributed by atoms with Crippen molar-refractivity contribution >= 4 is 17.7 Å². The van der Waals surface area contributed by atoms with E-state index in [0.717, 1.165) is 0 Å². The average Bonchev–Trinajstić information content (AvgIpc) is 2.99. The lowest BCUT2D eigenvalue weighted by Crippen LogP contribution is -2.61. The molecule has 2 saturated carbocycles. The molecule has 0 radical (unpaired) electrons. The van der Waals surface area contributed by atoms with Crippen LogP contribution in [-0.4, -0.2) is 49.8 Å². The molecule has 4 rings (SSSR count). The largest absolute Gasteiger partial charge is 0.478 e. The van der Waals surface area contributed by atoms with E-state index in [1.54, 1.807) is 13.0 Å². The average molecular weight is 404 g/mol. The van der Waals surface area contributed by atoms with Crippen LogP contribution >= 0.6 is 0 Å². The van der Waals surface area contributed by atoms with Crippen LogP contribution in [0.5, 0.6) is 0 Å². The van der Waals surface area contributed by atoms with E-state index in [1.807, 2.05) is 20.8 Å². The SMILES string of the molecule is CC(=O)O[C@@]12C[C@@H](C)[C@@]3(O)[C@@H](C=C(C(=O)O)C[C@]4(O)C(=O)C(C)=C[C@@H]34)[C@@H]1C2(C)C. The van der Waals surface area contributed by atoms with E-state index >= 15 is 0 Å². The number of esters is 1. The third kappa shape index (κ3) is 2.23. The summed E-state index contributed by atoms with van der Waals surface area (Å²) in [5, 5.41) is 33.2. The lowest BCUT2D eigenvalue weighted by molar-refractivity contribution is -0.186. The van der Waals surface area contributed by atoms with E-state index in [4.69, 9.17) is 4.74 Å². The van der Waals surface area contributed by atoms with Gasteiger partial charge in [0, 0.05) is 42.1 Å². The minimum absolute atomic E-state index is 0.0941. The number of aliphatic carboxylic acids is 1. The number of fused-ring (bicyclic) bond motifs is 5. The predicted octanol–water partition coefficient (Wildman–Crippen LogP) is 1.62. The van der Waals surface area contributed by atoms with Crippen molar-refractivity contribution in [2.75, 3.05) is 0 Å². The number of aliphatic hydroxyl groups is 2. The minimum atomic E-state index is -1.99. The predicted molar refractivity (Wildman–Crippen MR) is 102 cm³/mol. The van der Waals surface area contributed by atoms with Crippen LogP contribution < -0.4 is 0 Å². The zero-order valence-corrected chi connectivity index (χ0v) is 17.4. The van der Waals surface area contributed by atoms with Gasteiger partial charge in [0.2, 0.25) is 0 Å². The maximum absolute atomic E-state index is 12.8. The van der Waals surface area contributed by atoms with Gasteiger partial charge < -0.3 is 20.1 Å². The molecule has 158 valence electrons. The highest BCUT2D eigenvalue weighted by atomic mass is 16.6. The Labute approximate surface area is 169 Å². The van der Waals surface area contributed by atoms with Gasteiger partial charge in [-0.05, 0) is 24.8 Å². The number of rotatable bonds is 2. The second kappa shape index (κ2) is 5.58. The number of hydrogen-bond acceptors (Lipinski definition) is 6. The van der Waals surface area contributed by atoms with Crippen molar-refractivity contribution in [1.29, 1.82) is 0 Å². The summed E-state index contributed by atoms with van der Waals surface area (Å²) < 4.78 is 5.78. The monoisotopic (exact) mass is 404 g/mol. The number of carbonyl (C=O) groups is 3. The lowest BCUT2D eigenvalue weighted by Gasteiger charge is -2.50. The van der Waals surface area contributed by atoms with Gasteiger partial charge in [-0.1, -0.05) is 32.9 Å². The second-order valence-corrected chi connectivity index (χ2v) is 9.96. The third-order valence-electron chi connectivity index (χ3n) is 8.20. The summed E-state index contributed by atoms with van der Waals surface area (Å²) in [5.74, 6) is -4.56. The molecule has 0 saturated heterocycles. The molecule has 29 heavy (non-hydrogen) atoms. The molecule has 0 aromatic heterocycles. The number of carboxylic acid groups (broad SMARTS) is 1. The Bertz CT molecular complexity index is 899. The van der Waals surface area contributed by atoms with Crippen LogP contribution in [0.1, 0.15) is 47.5 Å². The number of ketones is 1. The van der Waals surface area contributed by atoms with E-state index in [9.17, 15) is 29.7 Å². The molecule has 7 atom stereocenters. The first-order chi connectivity index (χ1) is 13.2. The normalized spacial score (nSPS) is 47.1. The van der Waals surface area contributed by atoms with Gasteiger partial charge in [-0.15, -0.1) is 0 Å². The second-order valence-electron chi connectivity index (χ2n) is 9.96. The fourth-order valence-electron chi connectivity index (χ4n) is 6.80. The van der Waals surface area contributed by atoms with Crippen molar-refractivity contribution in [3.05, 3.63) is 23.3 Å². The standard InChI is InChI=1S/C22H28O7/c1-10-6-15-20(27,17(10)24)9-13(18(25)26)7-14-16-19(4,5)21(16,29-12(3)23)8-11(2)22(14,15)28/h6-7,11,14-16,27-28H,8-9H2,1-5H3,(H,25,26)/t11-,14+,15-,16-,20-,21+,22-/m1/s1. The van der Waals surface area contributed by atoms with Crippen LogP contribution in [0.2, 0.25) is 0 Å². The molecule has 0 aromatic carbocycles. The Morgan fingerprint density at radius 1 is 1.21 bits per heavy atom. The van der Waals surface area contributed by atoms with E-state index < -0.39 is 57.7 Å². The molecule has 2 fully saturated rings. The fourth-order valence-corrected chi connectivity index (χ4v) is 6.80. The molecule has 0 spiro atoms. The summed E-state index contributed by atoms with van der Waals surface area (Å²) in [6.45, 7) is 8.64. The first-order valence-corrected chi connectivity index (χ1v) is 10.0. The van der Waals surface area contributed by atoms with Crippen LogP contribution in [-0.2, 0) is 19.1 Å². The van der Waals surface area contributed by atoms with Crippen molar-refractivity contribution in [1.82, 2.24) is 0 Å². The third-order valence-corrected chi connectivity index (χ3v) is 8.20. The Morgan fingerprint density at radius 3 is 2.38 bits per heavy atom. The van der Waals surface area contributed by atoms with Gasteiger partial charge in [0.15, 0.2) is 5.78 Å². The molecule has 4 aliphatic carbocycles. The highest BCUT2D eigenvalue weighted by molar-refractivity contribution is 6.05. The van der Waals surface area contributed by atoms with Crippen molar-refractivity contribution in [2.45, 2.75) is 64.3 Å². The molecule has 0 aromatic rings. The van der Waals surface area contributed by atoms with Crippen molar-refractivity contribution < 1.29 is 34.4 Å². The minimum Gasteiger partial charge on any atom is -0.478 e. The molecule has 7 heteroatoms. The zero-order valence-electron chi connectivity index (χ0n) is 17.4. The first kappa shape index (κ1) is 20.3. The highest BCUT2D eigenvalue weighted by Crippen LogP contribution is 2.76. The Hall–Kier alpha value is -1.99. The maximum atomic E-state index is 12.8. The van der Waals surface area contributed by atoms with Crippen LogP contribution in [0.4, 0.5) is 0 Å². The molecule has 4 aliphatic rings. The van der Waals surface area contributed by atoms with Crippen LogP contribution in [0.3, 0.4) is 0 Å². The number of carboxylic acids is 1. The summed E-state index contributed by atoms with van der Waals surface area (Å²) in [4.78, 5) is 36.6. The zero-order chi connectivity index (χ0) is 21.7. The van der Waals surface area contributed by atoms with E-state index in [2.05, 4.69) is 0 Å². The topological polar surface area (TPSA) is 121 Å². The summed E-state index contributed by atoms with van der Waals surface area (Å²) in [5.41, 5.74) is -4.59. The summed E-state index contributed by atoms with van der Waals surface area (Å²) in [6, 6.07) is 0. The molecular weight excluding hydrogens is 376 g/mol. The summed E-state index contributed by atoms with van der Waals surface area (Å²) >= 11 is 0. The number of hydrogen-bond donors (Lipinski definition) is 3. The van der Waals surface area contributed by atoms with E-state index in [-0.39, 0.29) is 17.9 Å². The Morgan fingerprint density at radius 2 is 1.83 bits per heavy atom. The number of carbonyl (C=O) groups excluding carboxylic acids is 2. The molecule has 0 bridgehead atoms. The quantitative estimate of drug-likeness (QED) is 0.598. The lowest BCUT2D eigenvalue weighted by atomic mass is 9.60.